The minimum atomic E-state index is -0.400. The number of hydrogen-bond donors (Lipinski definition) is 2. The standard InChI is InChI=1S/C13H15N3OS/c1-8-5-10(13(14)17)3-4-12(8)16-7-11-6-15-9(2)18-11/h3-6,16H,7H2,1-2H3,(H2,14,17). The number of carbonyl (C=O) groups is 1. The van der Waals surface area contributed by atoms with Gasteiger partial charge in [-0.15, -0.1) is 11.3 Å². The van der Waals surface area contributed by atoms with Gasteiger partial charge in [-0.25, -0.2) is 4.98 Å². The van der Waals surface area contributed by atoms with Crippen molar-refractivity contribution >= 4 is 22.9 Å². The van der Waals surface area contributed by atoms with E-state index in [1.54, 1.807) is 23.5 Å². The Hall–Kier alpha value is -1.88. The third kappa shape index (κ3) is 2.87. The lowest BCUT2D eigenvalue weighted by atomic mass is 10.1. The number of nitrogens with one attached hydrogen (secondary N) is 1. The van der Waals surface area contributed by atoms with Crippen LogP contribution in [0, 0.1) is 13.8 Å². The van der Waals surface area contributed by atoms with Crippen LogP contribution in [0.2, 0.25) is 0 Å². The maximum absolute atomic E-state index is 11.0. The quantitative estimate of drug-likeness (QED) is 0.888. The molecule has 94 valence electrons. The van der Waals surface area contributed by atoms with Crippen LogP contribution in [-0.4, -0.2) is 10.9 Å². The molecule has 0 aliphatic carbocycles. The number of thiazole rings is 1. The van der Waals surface area contributed by atoms with Gasteiger partial charge < -0.3 is 11.1 Å². The molecule has 18 heavy (non-hydrogen) atoms. The second-order valence-electron chi connectivity index (χ2n) is 4.09. The molecule has 0 aliphatic heterocycles. The Morgan fingerprint density at radius 3 is 2.78 bits per heavy atom. The molecule has 1 amide bonds. The first-order chi connectivity index (χ1) is 8.56. The lowest BCUT2D eigenvalue weighted by Crippen LogP contribution is -2.11. The largest absolute Gasteiger partial charge is 0.380 e. The van der Waals surface area contributed by atoms with E-state index in [0.717, 1.165) is 22.8 Å². The van der Waals surface area contributed by atoms with E-state index in [2.05, 4.69) is 10.3 Å². The molecule has 2 aromatic rings. The summed E-state index contributed by atoms with van der Waals surface area (Å²) in [5.74, 6) is -0.400. The summed E-state index contributed by atoms with van der Waals surface area (Å²) in [6.45, 7) is 4.68. The molecule has 0 aliphatic rings. The molecule has 0 atom stereocenters. The molecule has 0 unspecified atom stereocenters. The molecule has 0 radical (unpaired) electrons. The molecule has 0 bridgehead atoms. The van der Waals surface area contributed by atoms with Crippen molar-refractivity contribution in [3.8, 4) is 0 Å². The Labute approximate surface area is 110 Å². The van der Waals surface area contributed by atoms with Crippen LogP contribution in [0.1, 0.15) is 25.8 Å². The predicted molar refractivity (Wildman–Crippen MR) is 73.9 cm³/mol. The Kier molecular flexibility index (Phi) is 3.62. The molecule has 1 aromatic carbocycles. The summed E-state index contributed by atoms with van der Waals surface area (Å²) in [7, 11) is 0. The number of rotatable bonds is 4. The van der Waals surface area contributed by atoms with Gasteiger partial charge in [0.1, 0.15) is 0 Å². The van der Waals surface area contributed by atoms with Crippen molar-refractivity contribution in [3.05, 3.63) is 45.4 Å². The number of nitrogens with zero attached hydrogens (tertiary/aromatic N) is 1. The molecule has 5 heteroatoms. The van der Waals surface area contributed by atoms with Crippen LogP contribution in [-0.2, 0) is 6.54 Å². The van der Waals surface area contributed by atoms with Crippen molar-refractivity contribution in [2.45, 2.75) is 20.4 Å². The zero-order valence-electron chi connectivity index (χ0n) is 10.4. The monoisotopic (exact) mass is 261 g/mol. The maximum atomic E-state index is 11.0. The van der Waals surface area contributed by atoms with E-state index in [1.165, 1.54) is 4.88 Å². The molecule has 0 saturated carbocycles. The van der Waals surface area contributed by atoms with Gasteiger partial charge in [0.2, 0.25) is 5.91 Å². The first-order valence-corrected chi connectivity index (χ1v) is 6.43. The molecule has 3 N–H and O–H groups in total. The highest BCUT2D eigenvalue weighted by molar-refractivity contribution is 7.11. The molecular weight excluding hydrogens is 246 g/mol. The molecule has 0 spiro atoms. The van der Waals surface area contributed by atoms with E-state index in [0.29, 0.717) is 5.56 Å². The Morgan fingerprint density at radius 1 is 1.44 bits per heavy atom. The van der Waals surface area contributed by atoms with Gasteiger partial charge in [0.15, 0.2) is 0 Å². The van der Waals surface area contributed by atoms with Crippen LogP contribution < -0.4 is 11.1 Å². The lowest BCUT2D eigenvalue weighted by Gasteiger charge is -2.09. The number of anilines is 1. The van der Waals surface area contributed by atoms with Crippen molar-refractivity contribution in [3.63, 3.8) is 0 Å². The minimum Gasteiger partial charge on any atom is -0.380 e. The van der Waals surface area contributed by atoms with Crippen molar-refractivity contribution in [2.75, 3.05) is 5.32 Å². The molecular formula is C13H15N3OS. The van der Waals surface area contributed by atoms with Gasteiger partial charge in [-0.05, 0) is 37.6 Å². The second kappa shape index (κ2) is 5.18. The number of aryl methyl sites for hydroxylation is 2. The third-order valence-corrected chi connectivity index (χ3v) is 3.55. The van der Waals surface area contributed by atoms with Crippen molar-refractivity contribution < 1.29 is 4.79 Å². The Bertz CT molecular complexity index is 577. The van der Waals surface area contributed by atoms with Gasteiger partial charge in [-0.1, -0.05) is 0 Å². The van der Waals surface area contributed by atoms with Crippen LogP contribution in [0.25, 0.3) is 0 Å². The zero-order valence-corrected chi connectivity index (χ0v) is 11.2. The van der Waals surface area contributed by atoms with Gasteiger partial charge in [0.25, 0.3) is 0 Å². The van der Waals surface area contributed by atoms with Gasteiger partial charge in [0, 0.05) is 22.3 Å². The predicted octanol–water partition coefficient (Wildman–Crippen LogP) is 2.47. The van der Waals surface area contributed by atoms with E-state index in [9.17, 15) is 4.79 Å². The topological polar surface area (TPSA) is 68.0 Å². The zero-order chi connectivity index (χ0) is 13.1. The summed E-state index contributed by atoms with van der Waals surface area (Å²) in [6.07, 6.45) is 1.88. The number of carbonyl (C=O) groups excluding carboxylic acids is 1. The molecule has 2 rings (SSSR count). The molecule has 0 saturated heterocycles. The molecule has 0 fully saturated rings. The highest BCUT2D eigenvalue weighted by Crippen LogP contribution is 2.19. The number of primary amides is 1. The fourth-order valence-corrected chi connectivity index (χ4v) is 2.42. The SMILES string of the molecule is Cc1ncc(CNc2ccc(C(N)=O)cc2C)s1. The summed E-state index contributed by atoms with van der Waals surface area (Å²) in [4.78, 5) is 16.4. The first kappa shape index (κ1) is 12.6. The average Bonchev–Trinajstić information content (AvgIpc) is 2.73. The van der Waals surface area contributed by atoms with Crippen LogP contribution in [0.4, 0.5) is 5.69 Å². The molecule has 4 nitrogen and oxygen atoms in total. The summed E-state index contributed by atoms with van der Waals surface area (Å²) < 4.78 is 0. The van der Waals surface area contributed by atoms with Gasteiger partial charge in [-0.3, -0.25) is 4.79 Å². The maximum Gasteiger partial charge on any atom is 0.248 e. The Morgan fingerprint density at radius 2 is 2.22 bits per heavy atom. The number of amides is 1. The van der Waals surface area contributed by atoms with Crippen LogP contribution in [0.5, 0.6) is 0 Å². The van der Waals surface area contributed by atoms with Crippen molar-refractivity contribution in [1.82, 2.24) is 4.98 Å². The summed E-state index contributed by atoms with van der Waals surface area (Å²) >= 11 is 1.67. The van der Waals surface area contributed by atoms with Crippen LogP contribution in [0.3, 0.4) is 0 Å². The molecule has 1 aromatic heterocycles. The summed E-state index contributed by atoms with van der Waals surface area (Å²) in [6, 6.07) is 5.40. The number of benzene rings is 1. The van der Waals surface area contributed by atoms with E-state index >= 15 is 0 Å². The van der Waals surface area contributed by atoms with E-state index in [4.69, 9.17) is 5.73 Å². The fourth-order valence-electron chi connectivity index (χ4n) is 1.68. The second-order valence-corrected chi connectivity index (χ2v) is 5.41. The van der Waals surface area contributed by atoms with E-state index < -0.39 is 5.91 Å². The normalized spacial score (nSPS) is 10.3. The van der Waals surface area contributed by atoms with Crippen LogP contribution >= 0.6 is 11.3 Å². The van der Waals surface area contributed by atoms with Gasteiger partial charge in [0.05, 0.1) is 11.6 Å². The number of hydrogen-bond acceptors (Lipinski definition) is 4. The highest BCUT2D eigenvalue weighted by Gasteiger charge is 2.04. The average molecular weight is 261 g/mol. The smallest absolute Gasteiger partial charge is 0.248 e. The molecule has 1 heterocycles. The number of aromatic nitrogens is 1. The van der Waals surface area contributed by atoms with Crippen LogP contribution in [0.15, 0.2) is 24.4 Å². The van der Waals surface area contributed by atoms with Crippen molar-refractivity contribution in [1.29, 1.82) is 0 Å². The van der Waals surface area contributed by atoms with Crippen molar-refractivity contribution in [2.24, 2.45) is 5.73 Å². The third-order valence-electron chi connectivity index (χ3n) is 2.63. The fraction of sp³-hybridized carbons (Fsp3) is 0.231. The van der Waals surface area contributed by atoms with Gasteiger partial charge >= 0.3 is 0 Å². The van der Waals surface area contributed by atoms with E-state index in [1.807, 2.05) is 26.1 Å². The van der Waals surface area contributed by atoms with E-state index in [-0.39, 0.29) is 0 Å². The lowest BCUT2D eigenvalue weighted by molar-refractivity contribution is 0.1000. The summed E-state index contributed by atoms with van der Waals surface area (Å²) in [5, 5.41) is 4.39. The highest BCUT2D eigenvalue weighted by atomic mass is 32.1. The Balaban J connectivity index is 2.08. The first-order valence-electron chi connectivity index (χ1n) is 5.62. The van der Waals surface area contributed by atoms with Gasteiger partial charge in [-0.2, -0.15) is 0 Å². The number of nitrogens with two attached hydrogens (primary N) is 1. The summed E-state index contributed by atoms with van der Waals surface area (Å²) in [5.41, 5.74) is 7.78. The minimum absolute atomic E-state index is 0.400.